The normalized spacial score (nSPS) is 11.8. The smallest absolute Gasteiger partial charge is 0.233 e. The summed E-state index contributed by atoms with van der Waals surface area (Å²) in [5, 5.41) is 0.554. The molecule has 1 N–H and O–H groups in total. The molecular formula is C10H13BrClNO2S. The van der Waals surface area contributed by atoms with Crippen molar-refractivity contribution in [3.05, 3.63) is 27.7 Å². The third-order valence-electron chi connectivity index (χ3n) is 1.75. The molecule has 0 saturated carbocycles. The van der Waals surface area contributed by atoms with Crippen molar-refractivity contribution < 1.29 is 8.42 Å². The van der Waals surface area contributed by atoms with Crippen molar-refractivity contribution in [3.63, 3.8) is 0 Å². The first-order valence-electron chi connectivity index (χ1n) is 4.76. The van der Waals surface area contributed by atoms with Gasteiger partial charge in [-0.3, -0.25) is 4.72 Å². The lowest BCUT2D eigenvalue weighted by Gasteiger charge is -2.11. The van der Waals surface area contributed by atoms with E-state index in [-0.39, 0.29) is 11.7 Å². The molecule has 0 radical (unpaired) electrons. The molecule has 0 fully saturated rings. The van der Waals surface area contributed by atoms with Crippen LogP contribution in [0.15, 0.2) is 22.7 Å². The Kier molecular flexibility index (Phi) is 4.64. The minimum Gasteiger partial charge on any atom is -0.282 e. The highest BCUT2D eigenvalue weighted by molar-refractivity contribution is 9.10. The molecule has 6 heteroatoms. The topological polar surface area (TPSA) is 46.2 Å². The quantitative estimate of drug-likeness (QED) is 0.920. The predicted molar refractivity (Wildman–Crippen MR) is 71.4 cm³/mol. The summed E-state index contributed by atoms with van der Waals surface area (Å²) in [5.41, 5.74) is 0.505. The van der Waals surface area contributed by atoms with Gasteiger partial charge in [-0.15, -0.1) is 0 Å². The van der Waals surface area contributed by atoms with Gasteiger partial charge >= 0.3 is 0 Å². The highest BCUT2D eigenvalue weighted by Gasteiger charge is 2.14. The second kappa shape index (κ2) is 5.38. The molecule has 0 amide bonds. The van der Waals surface area contributed by atoms with Gasteiger partial charge in [-0.25, -0.2) is 8.42 Å². The van der Waals surface area contributed by atoms with Crippen LogP contribution >= 0.6 is 27.5 Å². The average Bonchev–Trinajstić information content (AvgIpc) is 2.07. The van der Waals surface area contributed by atoms with Crippen molar-refractivity contribution in [1.29, 1.82) is 0 Å². The summed E-state index contributed by atoms with van der Waals surface area (Å²) in [6.07, 6.45) is 0. The highest BCUT2D eigenvalue weighted by Crippen LogP contribution is 2.26. The van der Waals surface area contributed by atoms with Crippen molar-refractivity contribution >= 4 is 43.2 Å². The number of nitrogens with one attached hydrogen (secondary N) is 1. The van der Waals surface area contributed by atoms with Crippen LogP contribution in [0, 0.1) is 5.92 Å². The average molecular weight is 327 g/mol. The number of sulfonamides is 1. The third-order valence-corrected chi connectivity index (χ3v) is 4.28. The molecule has 0 saturated heterocycles. The Morgan fingerprint density at radius 1 is 1.44 bits per heavy atom. The fraction of sp³-hybridized carbons (Fsp3) is 0.400. The molecule has 0 aromatic heterocycles. The minimum atomic E-state index is -3.29. The summed E-state index contributed by atoms with van der Waals surface area (Å²) in [4.78, 5) is 0. The first-order valence-corrected chi connectivity index (χ1v) is 7.58. The van der Waals surface area contributed by atoms with E-state index in [4.69, 9.17) is 11.6 Å². The van der Waals surface area contributed by atoms with Gasteiger partial charge in [-0.2, -0.15) is 0 Å². The summed E-state index contributed by atoms with van der Waals surface area (Å²) >= 11 is 9.02. The van der Waals surface area contributed by atoms with Crippen molar-refractivity contribution in [2.24, 2.45) is 5.92 Å². The molecule has 0 aliphatic carbocycles. The van der Waals surface area contributed by atoms with Gasteiger partial charge in [0.1, 0.15) is 0 Å². The predicted octanol–water partition coefficient (Wildman–Crippen LogP) is 3.50. The fourth-order valence-electron chi connectivity index (χ4n) is 1.22. The second-order valence-corrected chi connectivity index (χ2v) is 6.96. The van der Waals surface area contributed by atoms with Crippen LogP contribution in [-0.2, 0) is 10.0 Å². The maximum absolute atomic E-state index is 11.7. The summed E-state index contributed by atoms with van der Waals surface area (Å²) in [6, 6.07) is 4.92. The van der Waals surface area contributed by atoms with Crippen LogP contribution in [0.25, 0.3) is 0 Å². The van der Waals surface area contributed by atoms with Crippen LogP contribution in [0.3, 0.4) is 0 Å². The molecule has 1 rings (SSSR count). The van der Waals surface area contributed by atoms with Gasteiger partial charge in [-0.1, -0.05) is 25.4 Å². The van der Waals surface area contributed by atoms with Gasteiger partial charge in [0.2, 0.25) is 10.0 Å². The Hall–Kier alpha value is -0.260. The number of hydrogen-bond donors (Lipinski definition) is 1. The summed E-state index contributed by atoms with van der Waals surface area (Å²) < 4.78 is 26.5. The van der Waals surface area contributed by atoms with E-state index in [2.05, 4.69) is 20.7 Å². The number of anilines is 1. The molecule has 0 aliphatic rings. The number of halogens is 2. The molecule has 0 bridgehead atoms. The maximum atomic E-state index is 11.7. The molecule has 1 aromatic rings. The molecule has 0 unspecified atom stereocenters. The number of hydrogen-bond acceptors (Lipinski definition) is 2. The molecule has 1 aromatic carbocycles. The highest BCUT2D eigenvalue weighted by atomic mass is 79.9. The Morgan fingerprint density at radius 2 is 2.06 bits per heavy atom. The van der Waals surface area contributed by atoms with Crippen molar-refractivity contribution in [1.82, 2.24) is 0 Å². The van der Waals surface area contributed by atoms with E-state index < -0.39 is 10.0 Å². The Morgan fingerprint density at radius 3 is 2.56 bits per heavy atom. The molecular weight excluding hydrogens is 314 g/mol. The van der Waals surface area contributed by atoms with Crippen LogP contribution in [0.5, 0.6) is 0 Å². The molecule has 0 spiro atoms. The van der Waals surface area contributed by atoms with Crippen molar-refractivity contribution in [2.45, 2.75) is 13.8 Å². The monoisotopic (exact) mass is 325 g/mol. The van der Waals surface area contributed by atoms with E-state index >= 15 is 0 Å². The van der Waals surface area contributed by atoms with E-state index in [9.17, 15) is 8.42 Å². The maximum Gasteiger partial charge on any atom is 0.233 e. The van der Waals surface area contributed by atoms with E-state index in [1.807, 2.05) is 13.8 Å². The number of rotatable bonds is 4. The summed E-state index contributed by atoms with van der Waals surface area (Å²) in [6.45, 7) is 3.71. The zero-order valence-electron chi connectivity index (χ0n) is 9.00. The van der Waals surface area contributed by atoms with Crippen LogP contribution < -0.4 is 4.72 Å². The van der Waals surface area contributed by atoms with Crippen molar-refractivity contribution in [2.75, 3.05) is 10.5 Å². The van der Waals surface area contributed by atoms with Crippen LogP contribution in [0.1, 0.15) is 13.8 Å². The largest absolute Gasteiger partial charge is 0.282 e. The molecule has 0 heterocycles. The molecule has 0 atom stereocenters. The third kappa shape index (κ3) is 4.31. The zero-order chi connectivity index (χ0) is 12.3. The Bertz CT molecular complexity index is 474. The van der Waals surface area contributed by atoms with Gasteiger partial charge in [0.25, 0.3) is 0 Å². The fourth-order valence-corrected chi connectivity index (χ4v) is 3.61. The van der Waals surface area contributed by atoms with Gasteiger partial charge in [-0.05, 0) is 40.0 Å². The van der Waals surface area contributed by atoms with Crippen LogP contribution in [0.2, 0.25) is 5.02 Å². The Labute approximate surface area is 109 Å². The van der Waals surface area contributed by atoms with E-state index in [0.29, 0.717) is 15.2 Å². The van der Waals surface area contributed by atoms with Gasteiger partial charge in [0, 0.05) is 9.50 Å². The summed E-state index contributed by atoms with van der Waals surface area (Å²) in [7, 11) is -3.29. The molecule has 16 heavy (non-hydrogen) atoms. The lowest BCUT2D eigenvalue weighted by molar-refractivity contribution is 0.587. The summed E-state index contributed by atoms with van der Waals surface area (Å²) in [5.74, 6) is 0.186. The van der Waals surface area contributed by atoms with E-state index in [1.54, 1.807) is 18.2 Å². The molecule has 3 nitrogen and oxygen atoms in total. The molecule has 0 aliphatic heterocycles. The zero-order valence-corrected chi connectivity index (χ0v) is 12.2. The van der Waals surface area contributed by atoms with Crippen LogP contribution in [0.4, 0.5) is 5.69 Å². The first kappa shape index (κ1) is 13.8. The van der Waals surface area contributed by atoms with E-state index in [0.717, 1.165) is 0 Å². The van der Waals surface area contributed by atoms with Crippen LogP contribution in [-0.4, -0.2) is 14.2 Å². The Balaban J connectivity index is 2.88. The van der Waals surface area contributed by atoms with Gasteiger partial charge < -0.3 is 0 Å². The number of benzene rings is 1. The van der Waals surface area contributed by atoms with Gasteiger partial charge in [0.15, 0.2) is 0 Å². The SMILES string of the molecule is CC(C)CS(=O)(=O)Nc1ccc(Cl)cc1Br. The second-order valence-electron chi connectivity index (χ2n) is 3.90. The molecule has 90 valence electrons. The van der Waals surface area contributed by atoms with E-state index in [1.165, 1.54) is 0 Å². The lowest BCUT2D eigenvalue weighted by atomic mass is 10.3. The van der Waals surface area contributed by atoms with Crippen molar-refractivity contribution in [3.8, 4) is 0 Å². The minimum absolute atomic E-state index is 0.0866. The van der Waals surface area contributed by atoms with Gasteiger partial charge in [0.05, 0.1) is 11.4 Å². The standard InChI is InChI=1S/C10H13BrClNO2S/c1-7(2)6-16(14,15)13-10-4-3-8(12)5-9(10)11/h3-5,7,13H,6H2,1-2H3. The first-order chi connectivity index (χ1) is 7.30. The lowest BCUT2D eigenvalue weighted by Crippen LogP contribution is -2.20.